The molecule has 0 saturated carbocycles. The molecule has 0 spiro atoms. The lowest BCUT2D eigenvalue weighted by atomic mass is 10.2. The molecule has 2 rings (SSSR count). The lowest BCUT2D eigenvalue weighted by Crippen LogP contribution is -2.23. The van der Waals surface area contributed by atoms with Crippen LogP contribution in [-0.2, 0) is 10.9 Å². The van der Waals surface area contributed by atoms with Crippen molar-refractivity contribution in [2.24, 2.45) is 4.40 Å². The minimum Gasteiger partial charge on any atom is -0.289 e. The van der Waals surface area contributed by atoms with Crippen molar-refractivity contribution in [2.75, 3.05) is 11.2 Å². The number of hydrogen-bond acceptors (Lipinski definition) is 3. The summed E-state index contributed by atoms with van der Waals surface area (Å²) in [6.45, 7) is 0. The van der Waals surface area contributed by atoms with E-state index in [9.17, 15) is 8.42 Å². The van der Waals surface area contributed by atoms with E-state index in [4.69, 9.17) is 11.6 Å². The van der Waals surface area contributed by atoms with Crippen LogP contribution in [0.25, 0.3) is 0 Å². The first-order chi connectivity index (χ1) is 10.1. The van der Waals surface area contributed by atoms with Crippen LogP contribution in [0, 0.1) is 0 Å². The van der Waals surface area contributed by atoms with Crippen LogP contribution in [0.2, 0.25) is 5.02 Å². The highest BCUT2D eigenvalue weighted by Gasteiger charge is 2.15. The normalized spacial score (nSPS) is 11.7. The van der Waals surface area contributed by atoms with Gasteiger partial charge < -0.3 is 0 Å². The van der Waals surface area contributed by atoms with E-state index in [1.165, 1.54) is 11.8 Å². The Kier molecular flexibility index (Phi) is 5.67. The third kappa shape index (κ3) is 4.23. The number of amidine groups is 1. The van der Waals surface area contributed by atoms with Crippen molar-refractivity contribution in [3.05, 3.63) is 59.6 Å². The van der Waals surface area contributed by atoms with Gasteiger partial charge in [0.05, 0.1) is 0 Å². The Morgan fingerprint density at radius 2 is 1.62 bits per heavy atom. The second-order valence-electron chi connectivity index (χ2n) is 3.97. The summed E-state index contributed by atoms with van der Waals surface area (Å²) < 4.78 is 25.7. The van der Waals surface area contributed by atoms with Crippen LogP contribution in [-0.4, -0.2) is 19.8 Å². The van der Waals surface area contributed by atoms with Crippen LogP contribution in [0.4, 0.5) is 11.4 Å². The third-order valence-electron chi connectivity index (χ3n) is 2.64. The SMILES string of the molecule is CSC(=N[SH](=O)=O)N(c1ccccc1)c1ccc(Cl)cc1. The first kappa shape index (κ1) is 15.9. The first-order valence-corrected chi connectivity index (χ1v) is 8.73. The quantitative estimate of drug-likeness (QED) is 0.525. The molecule has 0 N–H and O–H groups in total. The number of benzene rings is 2. The number of anilines is 2. The molecule has 0 amide bonds. The third-order valence-corrected chi connectivity index (χ3v) is 4.02. The summed E-state index contributed by atoms with van der Waals surface area (Å²) in [6, 6.07) is 16.6. The standard InChI is InChI=1S/C14H13ClN2O2S2/c1-20-14(16-21(18)19)17(12-5-3-2-4-6-12)13-9-7-11(15)8-10-13/h2-10,21H,1H3. The lowest BCUT2D eigenvalue weighted by molar-refractivity contribution is 0.616. The molecule has 0 heterocycles. The van der Waals surface area contributed by atoms with Gasteiger partial charge in [0.15, 0.2) is 5.17 Å². The van der Waals surface area contributed by atoms with Gasteiger partial charge >= 0.3 is 0 Å². The van der Waals surface area contributed by atoms with Crippen molar-refractivity contribution in [3.63, 3.8) is 0 Å². The molecular formula is C14H13ClN2O2S2. The molecule has 21 heavy (non-hydrogen) atoms. The predicted molar refractivity (Wildman–Crippen MR) is 91.3 cm³/mol. The summed E-state index contributed by atoms with van der Waals surface area (Å²) in [6.07, 6.45) is 1.78. The summed E-state index contributed by atoms with van der Waals surface area (Å²) in [4.78, 5) is 1.77. The van der Waals surface area contributed by atoms with Gasteiger partial charge in [0, 0.05) is 16.4 Å². The Hall–Kier alpha value is -1.50. The van der Waals surface area contributed by atoms with Gasteiger partial charge in [-0.05, 0) is 42.7 Å². The fraction of sp³-hybridized carbons (Fsp3) is 0.0714. The van der Waals surface area contributed by atoms with Crippen LogP contribution in [0.3, 0.4) is 0 Å². The highest BCUT2D eigenvalue weighted by molar-refractivity contribution is 8.14. The Bertz CT molecular complexity index is 693. The van der Waals surface area contributed by atoms with E-state index < -0.39 is 10.9 Å². The molecule has 2 aromatic rings. The summed E-state index contributed by atoms with van der Waals surface area (Å²) in [5.41, 5.74) is 1.61. The zero-order valence-electron chi connectivity index (χ0n) is 11.1. The van der Waals surface area contributed by atoms with Gasteiger partial charge in [-0.3, -0.25) is 4.90 Å². The van der Waals surface area contributed by atoms with Crippen molar-refractivity contribution in [1.82, 2.24) is 0 Å². The summed E-state index contributed by atoms with van der Waals surface area (Å²) in [5, 5.41) is 0.990. The Morgan fingerprint density at radius 1 is 1.05 bits per heavy atom. The zero-order valence-corrected chi connectivity index (χ0v) is 13.6. The minimum atomic E-state index is -2.87. The number of thioether (sulfide) groups is 1. The number of hydrogen-bond donors (Lipinski definition) is 1. The van der Waals surface area contributed by atoms with Gasteiger partial charge in [-0.25, -0.2) is 8.42 Å². The van der Waals surface area contributed by atoms with E-state index in [-0.39, 0.29) is 0 Å². The average Bonchev–Trinajstić information content (AvgIpc) is 2.49. The predicted octanol–water partition coefficient (Wildman–Crippen LogP) is 3.72. The average molecular weight is 341 g/mol. The molecule has 0 atom stereocenters. The number of nitrogens with zero attached hydrogens (tertiary/aromatic N) is 2. The molecule has 0 radical (unpaired) electrons. The molecule has 7 heteroatoms. The van der Waals surface area contributed by atoms with Gasteiger partial charge in [-0.1, -0.05) is 41.6 Å². The van der Waals surface area contributed by atoms with E-state index in [0.29, 0.717) is 10.2 Å². The van der Waals surface area contributed by atoms with Gasteiger partial charge in [0.1, 0.15) is 0 Å². The van der Waals surface area contributed by atoms with Crippen molar-refractivity contribution < 1.29 is 8.42 Å². The fourth-order valence-corrected chi connectivity index (χ4v) is 3.06. The molecule has 110 valence electrons. The summed E-state index contributed by atoms with van der Waals surface area (Å²) >= 11 is 7.17. The Morgan fingerprint density at radius 3 is 2.14 bits per heavy atom. The molecule has 0 aliphatic heterocycles. The molecule has 2 aromatic carbocycles. The smallest absolute Gasteiger partial charge is 0.245 e. The monoisotopic (exact) mass is 340 g/mol. The molecule has 0 fully saturated rings. The van der Waals surface area contributed by atoms with E-state index in [1.807, 2.05) is 42.5 Å². The van der Waals surface area contributed by atoms with Crippen molar-refractivity contribution in [3.8, 4) is 0 Å². The first-order valence-electron chi connectivity index (χ1n) is 5.99. The van der Waals surface area contributed by atoms with Crippen LogP contribution >= 0.6 is 23.4 Å². The minimum absolute atomic E-state index is 0.375. The van der Waals surface area contributed by atoms with Gasteiger partial charge in [0.25, 0.3) is 0 Å². The highest BCUT2D eigenvalue weighted by atomic mass is 35.5. The highest BCUT2D eigenvalue weighted by Crippen LogP contribution is 2.29. The van der Waals surface area contributed by atoms with Crippen LogP contribution in [0.15, 0.2) is 59.0 Å². The maximum Gasteiger partial charge on any atom is 0.245 e. The topological polar surface area (TPSA) is 49.7 Å². The Balaban J connectivity index is 2.56. The molecule has 0 unspecified atom stereocenters. The summed E-state index contributed by atoms with van der Waals surface area (Å²) in [7, 11) is -2.87. The molecule has 0 aliphatic carbocycles. The molecule has 4 nitrogen and oxygen atoms in total. The second kappa shape index (κ2) is 7.49. The van der Waals surface area contributed by atoms with E-state index >= 15 is 0 Å². The van der Waals surface area contributed by atoms with Crippen LogP contribution < -0.4 is 4.90 Å². The van der Waals surface area contributed by atoms with Gasteiger partial charge in [0.2, 0.25) is 10.9 Å². The van der Waals surface area contributed by atoms with E-state index in [1.54, 1.807) is 23.3 Å². The number of halogens is 1. The zero-order chi connectivity index (χ0) is 15.2. The fourth-order valence-electron chi connectivity index (χ4n) is 1.78. The van der Waals surface area contributed by atoms with Crippen LogP contribution in [0.1, 0.15) is 0 Å². The number of para-hydroxylation sites is 1. The van der Waals surface area contributed by atoms with Crippen LogP contribution in [0.5, 0.6) is 0 Å². The largest absolute Gasteiger partial charge is 0.289 e. The van der Waals surface area contributed by atoms with Crippen molar-refractivity contribution >= 4 is 50.8 Å². The number of rotatable bonds is 3. The molecule has 0 saturated heterocycles. The molecular weight excluding hydrogens is 328 g/mol. The van der Waals surface area contributed by atoms with Gasteiger partial charge in [-0.15, -0.1) is 4.40 Å². The summed E-state index contributed by atoms with van der Waals surface area (Å²) in [5.74, 6) is 0. The molecule has 0 aromatic heterocycles. The van der Waals surface area contributed by atoms with E-state index in [0.717, 1.165) is 11.4 Å². The van der Waals surface area contributed by atoms with E-state index in [2.05, 4.69) is 4.40 Å². The van der Waals surface area contributed by atoms with Crippen molar-refractivity contribution in [2.45, 2.75) is 0 Å². The molecule has 0 bridgehead atoms. The maximum absolute atomic E-state index is 11.0. The van der Waals surface area contributed by atoms with Gasteiger partial charge in [-0.2, -0.15) is 0 Å². The molecule has 0 aliphatic rings. The van der Waals surface area contributed by atoms with Crippen molar-refractivity contribution in [1.29, 1.82) is 0 Å². The lowest BCUT2D eigenvalue weighted by Gasteiger charge is -2.24. The maximum atomic E-state index is 11.0. The number of thiol groups is 1. The Labute approximate surface area is 134 Å². The second-order valence-corrected chi connectivity index (χ2v) is 5.86.